The van der Waals surface area contributed by atoms with Crippen LogP contribution in [0.15, 0.2) is 18.2 Å². The first-order chi connectivity index (χ1) is 10.6. The molecule has 0 aliphatic carbocycles. The molecular formula is C15H17Cl2N3O2. The number of carbonyl (C=O) groups is 1. The standard InChI is InChI=1S/C15H17Cl2N3O2/c16-12-2-3-14(13(17)10-12)22-11-15(21)20-8-6-19(7-9-20)5-1-4-18/h2-3,10H,1,5-9,11H2. The number of ether oxygens (including phenoxy) is 1. The van der Waals surface area contributed by atoms with Crippen LogP contribution in [-0.4, -0.2) is 55.0 Å². The van der Waals surface area contributed by atoms with Crippen molar-refractivity contribution in [2.75, 3.05) is 39.3 Å². The van der Waals surface area contributed by atoms with Gasteiger partial charge in [-0.15, -0.1) is 0 Å². The van der Waals surface area contributed by atoms with Crippen LogP contribution in [0.2, 0.25) is 10.0 Å². The zero-order valence-electron chi connectivity index (χ0n) is 12.1. The maximum Gasteiger partial charge on any atom is 0.260 e. The summed E-state index contributed by atoms with van der Waals surface area (Å²) >= 11 is 11.8. The Morgan fingerprint density at radius 3 is 2.64 bits per heavy atom. The van der Waals surface area contributed by atoms with Crippen LogP contribution >= 0.6 is 23.2 Å². The summed E-state index contributed by atoms with van der Waals surface area (Å²) in [5.74, 6) is 0.387. The molecule has 1 aliphatic rings. The fraction of sp³-hybridized carbons (Fsp3) is 0.467. The number of amides is 1. The van der Waals surface area contributed by atoms with Gasteiger partial charge >= 0.3 is 0 Å². The molecule has 1 aromatic carbocycles. The van der Waals surface area contributed by atoms with Gasteiger partial charge in [-0.2, -0.15) is 5.26 Å². The molecule has 0 unspecified atom stereocenters. The third-order valence-electron chi connectivity index (χ3n) is 3.51. The average molecular weight is 342 g/mol. The molecule has 0 bridgehead atoms. The largest absolute Gasteiger partial charge is 0.482 e. The lowest BCUT2D eigenvalue weighted by molar-refractivity contribution is -0.135. The lowest BCUT2D eigenvalue weighted by Crippen LogP contribution is -2.50. The minimum atomic E-state index is -0.0639. The Labute approximate surface area is 140 Å². The second kappa shape index (κ2) is 8.23. The van der Waals surface area contributed by atoms with Gasteiger partial charge < -0.3 is 9.64 Å². The molecule has 2 rings (SSSR count). The van der Waals surface area contributed by atoms with Gasteiger partial charge in [0.15, 0.2) is 6.61 Å². The Morgan fingerprint density at radius 1 is 1.27 bits per heavy atom. The molecule has 1 amide bonds. The highest BCUT2D eigenvalue weighted by Gasteiger charge is 2.21. The van der Waals surface area contributed by atoms with Gasteiger partial charge in [0.2, 0.25) is 0 Å². The summed E-state index contributed by atoms with van der Waals surface area (Å²) < 4.78 is 5.46. The van der Waals surface area contributed by atoms with Crippen LogP contribution < -0.4 is 4.74 Å². The normalized spacial score (nSPS) is 15.4. The molecule has 0 N–H and O–H groups in total. The van der Waals surface area contributed by atoms with Crippen LogP contribution in [0.3, 0.4) is 0 Å². The van der Waals surface area contributed by atoms with E-state index in [9.17, 15) is 4.79 Å². The summed E-state index contributed by atoms with van der Waals surface area (Å²) in [6.45, 7) is 3.60. The van der Waals surface area contributed by atoms with Crippen molar-refractivity contribution in [3.05, 3.63) is 28.2 Å². The number of nitrogens with zero attached hydrogens (tertiary/aromatic N) is 3. The van der Waals surface area contributed by atoms with E-state index in [1.165, 1.54) is 0 Å². The monoisotopic (exact) mass is 341 g/mol. The molecular weight excluding hydrogens is 325 g/mol. The van der Waals surface area contributed by atoms with Crippen molar-refractivity contribution in [3.63, 3.8) is 0 Å². The topological polar surface area (TPSA) is 56.6 Å². The summed E-state index contributed by atoms with van der Waals surface area (Å²) in [6, 6.07) is 7.03. The van der Waals surface area contributed by atoms with Gasteiger partial charge in [0.05, 0.1) is 11.1 Å². The van der Waals surface area contributed by atoms with Crippen molar-refractivity contribution in [2.24, 2.45) is 0 Å². The Morgan fingerprint density at radius 2 is 2.00 bits per heavy atom. The van der Waals surface area contributed by atoms with E-state index in [4.69, 9.17) is 33.2 Å². The number of halogens is 2. The number of benzene rings is 1. The fourth-order valence-corrected chi connectivity index (χ4v) is 2.72. The molecule has 5 nitrogen and oxygen atoms in total. The molecule has 1 heterocycles. The highest BCUT2D eigenvalue weighted by atomic mass is 35.5. The van der Waals surface area contributed by atoms with Gasteiger partial charge in [0.1, 0.15) is 5.75 Å². The molecule has 0 atom stereocenters. The minimum Gasteiger partial charge on any atom is -0.482 e. The van der Waals surface area contributed by atoms with Crippen LogP contribution in [0.25, 0.3) is 0 Å². The Balaban J connectivity index is 1.78. The second-order valence-electron chi connectivity index (χ2n) is 4.99. The van der Waals surface area contributed by atoms with Gasteiger partial charge in [-0.1, -0.05) is 23.2 Å². The van der Waals surface area contributed by atoms with Crippen LogP contribution in [0.1, 0.15) is 6.42 Å². The van der Waals surface area contributed by atoms with Crippen LogP contribution in [0.5, 0.6) is 5.75 Å². The zero-order chi connectivity index (χ0) is 15.9. The van der Waals surface area contributed by atoms with E-state index in [-0.39, 0.29) is 12.5 Å². The quantitative estimate of drug-likeness (QED) is 0.825. The molecule has 1 fully saturated rings. The average Bonchev–Trinajstić information content (AvgIpc) is 2.52. The summed E-state index contributed by atoms with van der Waals surface area (Å²) in [7, 11) is 0. The van der Waals surface area contributed by atoms with Gasteiger partial charge in [-0.25, -0.2) is 0 Å². The van der Waals surface area contributed by atoms with E-state index in [0.29, 0.717) is 35.3 Å². The van der Waals surface area contributed by atoms with Crippen LogP contribution in [0, 0.1) is 11.3 Å². The number of piperazine rings is 1. The molecule has 1 aliphatic heterocycles. The van der Waals surface area contributed by atoms with Crippen molar-refractivity contribution < 1.29 is 9.53 Å². The van der Waals surface area contributed by atoms with Gasteiger partial charge in [-0.3, -0.25) is 9.69 Å². The van der Waals surface area contributed by atoms with Crippen molar-refractivity contribution in [1.29, 1.82) is 5.26 Å². The van der Waals surface area contributed by atoms with Crippen molar-refractivity contribution in [2.45, 2.75) is 6.42 Å². The van der Waals surface area contributed by atoms with E-state index in [2.05, 4.69) is 11.0 Å². The highest BCUT2D eigenvalue weighted by Crippen LogP contribution is 2.27. The SMILES string of the molecule is N#CCCN1CCN(C(=O)COc2ccc(Cl)cc2Cl)CC1. The number of hydrogen-bond acceptors (Lipinski definition) is 4. The third kappa shape index (κ3) is 4.77. The number of hydrogen-bond donors (Lipinski definition) is 0. The Bertz CT molecular complexity index is 566. The lowest BCUT2D eigenvalue weighted by Gasteiger charge is -2.34. The van der Waals surface area contributed by atoms with E-state index < -0.39 is 0 Å². The first kappa shape index (κ1) is 16.9. The highest BCUT2D eigenvalue weighted by molar-refractivity contribution is 6.35. The summed E-state index contributed by atoms with van der Waals surface area (Å²) in [4.78, 5) is 16.1. The fourth-order valence-electron chi connectivity index (χ4n) is 2.25. The predicted molar refractivity (Wildman–Crippen MR) is 85.2 cm³/mol. The Kier molecular flexibility index (Phi) is 6.32. The lowest BCUT2D eigenvalue weighted by atomic mass is 10.3. The summed E-state index contributed by atoms with van der Waals surface area (Å²) in [5.41, 5.74) is 0. The minimum absolute atomic E-state index is 0.0421. The van der Waals surface area contributed by atoms with E-state index in [1.54, 1.807) is 23.1 Å². The molecule has 0 saturated carbocycles. The van der Waals surface area contributed by atoms with E-state index >= 15 is 0 Å². The molecule has 22 heavy (non-hydrogen) atoms. The van der Waals surface area contributed by atoms with Gasteiger partial charge in [-0.05, 0) is 18.2 Å². The smallest absolute Gasteiger partial charge is 0.260 e. The maximum atomic E-state index is 12.1. The molecule has 0 aromatic heterocycles. The van der Waals surface area contributed by atoms with E-state index in [0.717, 1.165) is 19.6 Å². The number of carbonyl (C=O) groups excluding carboxylic acids is 1. The predicted octanol–water partition coefficient (Wildman–Crippen LogP) is 2.43. The van der Waals surface area contributed by atoms with Crippen molar-refractivity contribution >= 4 is 29.1 Å². The molecule has 0 radical (unpaired) electrons. The molecule has 118 valence electrons. The molecule has 0 spiro atoms. The van der Waals surface area contributed by atoms with Crippen molar-refractivity contribution in [3.8, 4) is 11.8 Å². The first-order valence-corrected chi connectivity index (χ1v) is 7.80. The second-order valence-corrected chi connectivity index (χ2v) is 5.84. The maximum absolute atomic E-state index is 12.1. The van der Waals surface area contributed by atoms with Crippen LogP contribution in [-0.2, 0) is 4.79 Å². The van der Waals surface area contributed by atoms with Crippen molar-refractivity contribution in [1.82, 2.24) is 9.80 Å². The van der Waals surface area contributed by atoms with Crippen LogP contribution in [0.4, 0.5) is 0 Å². The first-order valence-electron chi connectivity index (χ1n) is 7.05. The number of nitriles is 1. The van der Waals surface area contributed by atoms with Gasteiger partial charge in [0.25, 0.3) is 5.91 Å². The summed E-state index contributed by atoms with van der Waals surface area (Å²) in [5, 5.41) is 9.49. The van der Waals surface area contributed by atoms with E-state index in [1.807, 2.05) is 0 Å². The van der Waals surface area contributed by atoms with Gasteiger partial charge in [0, 0.05) is 44.2 Å². The molecule has 1 aromatic rings. The summed E-state index contributed by atoms with van der Waals surface area (Å²) in [6.07, 6.45) is 0.520. The Hall–Kier alpha value is -1.48. The molecule has 1 saturated heterocycles. The number of rotatable bonds is 5. The third-order valence-corrected chi connectivity index (χ3v) is 4.04. The zero-order valence-corrected chi connectivity index (χ0v) is 13.6. The molecule has 7 heteroatoms.